The third-order valence-corrected chi connectivity index (χ3v) is 2.52. The minimum atomic E-state index is -0.203. The van der Waals surface area contributed by atoms with E-state index in [2.05, 4.69) is 44.6 Å². The van der Waals surface area contributed by atoms with Gasteiger partial charge in [0.05, 0.1) is 0 Å². The smallest absolute Gasteiger partial charge is 0.103 e. The van der Waals surface area contributed by atoms with Crippen LogP contribution in [0.1, 0.15) is 6.42 Å². The van der Waals surface area contributed by atoms with Crippen molar-refractivity contribution in [1.29, 1.82) is 0 Å². The van der Waals surface area contributed by atoms with E-state index >= 15 is 0 Å². The zero-order valence-corrected chi connectivity index (χ0v) is 9.07. The van der Waals surface area contributed by atoms with Crippen LogP contribution in [0.3, 0.4) is 0 Å². The van der Waals surface area contributed by atoms with E-state index in [4.69, 9.17) is 11.6 Å². The summed E-state index contributed by atoms with van der Waals surface area (Å²) in [5.41, 5.74) is 0. The molecular weight excluding hydrogens is 314 g/mol. The third kappa shape index (κ3) is 2.60. The topological polar surface area (TPSA) is 0 Å². The van der Waals surface area contributed by atoms with Crippen LogP contribution in [0.5, 0.6) is 0 Å². The average molecular weight is 319 g/mol. The molecule has 0 bridgehead atoms. The number of hydrogen-bond acceptors (Lipinski definition) is 0. The first-order valence-corrected chi connectivity index (χ1v) is 4.78. The van der Waals surface area contributed by atoms with Gasteiger partial charge in [-0.1, -0.05) is 50.7 Å². The van der Waals surface area contributed by atoms with Gasteiger partial charge in [0.25, 0.3) is 0 Å². The Morgan fingerprint density at radius 1 is 1.78 bits per heavy atom. The Balaban J connectivity index is 2.78. The normalized spacial score (nSPS) is 34.3. The molecule has 0 N–H and O–H groups in total. The molecule has 0 radical (unpaired) electrons. The number of hydrogen-bond donors (Lipinski definition) is 0. The Morgan fingerprint density at radius 3 is 2.78 bits per heavy atom. The quantitative estimate of drug-likeness (QED) is 0.473. The molecule has 1 atom stereocenters. The standard InChI is InChI=1S/C6H5BrClI/c7-5-2-1-3-6(8,9)4-5/h1-2,4H,3H2. The molecular formula is C6H5BrClI. The van der Waals surface area contributed by atoms with Gasteiger partial charge in [0.2, 0.25) is 0 Å². The molecule has 0 saturated heterocycles. The van der Waals surface area contributed by atoms with Gasteiger partial charge in [0, 0.05) is 4.48 Å². The molecule has 1 rings (SSSR count). The van der Waals surface area contributed by atoms with Gasteiger partial charge in [-0.25, -0.2) is 0 Å². The summed E-state index contributed by atoms with van der Waals surface area (Å²) in [6, 6.07) is 0. The van der Waals surface area contributed by atoms with E-state index in [1.165, 1.54) is 0 Å². The second-order valence-electron chi connectivity index (χ2n) is 1.90. The van der Waals surface area contributed by atoms with Crippen LogP contribution in [0.15, 0.2) is 22.7 Å². The van der Waals surface area contributed by atoms with Gasteiger partial charge in [0.1, 0.15) is 2.88 Å². The summed E-state index contributed by atoms with van der Waals surface area (Å²) in [5, 5.41) is 0. The molecule has 0 saturated carbocycles. The van der Waals surface area contributed by atoms with Crippen molar-refractivity contribution in [3.63, 3.8) is 0 Å². The molecule has 1 aliphatic carbocycles. The molecule has 50 valence electrons. The number of alkyl halides is 2. The van der Waals surface area contributed by atoms with Crippen LogP contribution in [-0.4, -0.2) is 2.88 Å². The van der Waals surface area contributed by atoms with Crippen molar-refractivity contribution in [2.24, 2.45) is 0 Å². The SMILES string of the molecule is ClC1(I)C=C(Br)C=CC1. The monoisotopic (exact) mass is 318 g/mol. The zero-order valence-electron chi connectivity index (χ0n) is 4.57. The average Bonchev–Trinajstić information content (AvgIpc) is 1.60. The summed E-state index contributed by atoms with van der Waals surface area (Å²) in [6.07, 6.45) is 6.97. The summed E-state index contributed by atoms with van der Waals surface area (Å²) >= 11 is 11.6. The number of halogens is 3. The lowest BCUT2D eigenvalue weighted by molar-refractivity contribution is 1.01. The van der Waals surface area contributed by atoms with E-state index in [1.807, 2.05) is 12.2 Å². The van der Waals surface area contributed by atoms with Crippen molar-refractivity contribution < 1.29 is 0 Å². The Kier molecular flexibility index (Phi) is 2.63. The molecule has 0 fully saturated rings. The van der Waals surface area contributed by atoms with Crippen molar-refractivity contribution in [2.75, 3.05) is 0 Å². The molecule has 1 unspecified atom stereocenters. The van der Waals surface area contributed by atoms with E-state index in [9.17, 15) is 0 Å². The third-order valence-electron chi connectivity index (χ3n) is 1.02. The fraction of sp³-hybridized carbons (Fsp3) is 0.333. The number of allylic oxidation sites excluding steroid dienone is 4. The minimum absolute atomic E-state index is 0.203. The minimum Gasteiger partial charge on any atom is -0.103 e. The molecule has 0 aromatic heterocycles. The second-order valence-corrected chi connectivity index (χ2v) is 6.05. The molecule has 9 heavy (non-hydrogen) atoms. The Hall–Kier alpha value is 0.980. The Labute approximate surface area is 81.6 Å². The van der Waals surface area contributed by atoms with Crippen molar-refractivity contribution in [3.05, 3.63) is 22.7 Å². The summed E-state index contributed by atoms with van der Waals surface area (Å²) in [4.78, 5) is 0. The lowest BCUT2D eigenvalue weighted by Crippen LogP contribution is -2.08. The summed E-state index contributed by atoms with van der Waals surface area (Å²) in [5.74, 6) is 0. The predicted octanol–water partition coefficient (Wildman–Crippen LogP) is 3.60. The van der Waals surface area contributed by atoms with Crippen molar-refractivity contribution in [1.82, 2.24) is 0 Å². The lowest BCUT2D eigenvalue weighted by Gasteiger charge is -2.16. The Bertz CT molecular complexity index is 172. The molecule has 0 spiro atoms. The molecule has 0 nitrogen and oxygen atoms in total. The van der Waals surface area contributed by atoms with E-state index in [-0.39, 0.29) is 2.88 Å². The maximum Gasteiger partial charge on any atom is 0.118 e. The second kappa shape index (κ2) is 2.93. The lowest BCUT2D eigenvalue weighted by atomic mass is 10.2. The van der Waals surface area contributed by atoms with Gasteiger partial charge in [0.15, 0.2) is 0 Å². The summed E-state index contributed by atoms with van der Waals surface area (Å²) < 4.78 is 0.865. The van der Waals surface area contributed by atoms with Crippen LogP contribution in [0.4, 0.5) is 0 Å². The highest BCUT2D eigenvalue weighted by molar-refractivity contribution is 14.1. The Morgan fingerprint density at radius 2 is 2.44 bits per heavy atom. The first-order chi connectivity index (χ1) is 4.10. The molecule has 1 aliphatic rings. The van der Waals surface area contributed by atoms with Crippen molar-refractivity contribution in [3.8, 4) is 0 Å². The highest BCUT2D eigenvalue weighted by atomic mass is 127. The van der Waals surface area contributed by atoms with Gasteiger partial charge in [-0.05, 0) is 12.5 Å². The molecule has 3 heteroatoms. The first-order valence-electron chi connectivity index (χ1n) is 2.53. The van der Waals surface area contributed by atoms with E-state index < -0.39 is 0 Å². The number of rotatable bonds is 0. The van der Waals surface area contributed by atoms with Crippen LogP contribution < -0.4 is 0 Å². The van der Waals surface area contributed by atoms with Crippen LogP contribution in [0, 0.1) is 0 Å². The van der Waals surface area contributed by atoms with Crippen molar-refractivity contribution >= 4 is 50.1 Å². The van der Waals surface area contributed by atoms with Gasteiger partial charge >= 0.3 is 0 Å². The molecule has 0 aliphatic heterocycles. The first kappa shape index (κ1) is 8.08. The molecule has 0 heterocycles. The van der Waals surface area contributed by atoms with E-state index in [0.717, 1.165) is 10.9 Å². The maximum absolute atomic E-state index is 6.00. The maximum atomic E-state index is 6.00. The summed E-state index contributed by atoms with van der Waals surface area (Å²) in [6.45, 7) is 0. The highest BCUT2D eigenvalue weighted by Crippen LogP contribution is 2.35. The fourth-order valence-electron chi connectivity index (χ4n) is 0.637. The van der Waals surface area contributed by atoms with Crippen molar-refractivity contribution in [2.45, 2.75) is 9.30 Å². The predicted molar refractivity (Wildman–Crippen MR) is 53.4 cm³/mol. The largest absolute Gasteiger partial charge is 0.118 e. The highest BCUT2D eigenvalue weighted by Gasteiger charge is 2.20. The van der Waals surface area contributed by atoms with E-state index in [1.54, 1.807) is 0 Å². The van der Waals surface area contributed by atoms with Crippen LogP contribution in [0.2, 0.25) is 0 Å². The summed E-state index contributed by atoms with van der Waals surface area (Å²) in [7, 11) is 0. The van der Waals surface area contributed by atoms with Gasteiger partial charge in [-0.3, -0.25) is 0 Å². The molecule has 0 aromatic carbocycles. The van der Waals surface area contributed by atoms with Gasteiger partial charge in [-0.2, -0.15) is 0 Å². The van der Waals surface area contributed by atoms with Gasteiger partial charge < -0.3 is 0 Å². The molecule has 0 amide bonds. The van der Waals surface area contributed by atoms with E-state index in [0.29, 0.717) is 0 Å². The van der Waals surface area contributed by atoms with Crippen LogP contribution in [0.25, 0.3) is 0 Å². The molecule has 0 aromatic rings. The van der Waals surface area contributed by atoms with Crippen LogP contribution in [-0.2, 0) is 0 Å². The fourth-order valence-corrected chi connectivity index (χ4v) is 2.57. The zero-order chi connectivity index (χ0) is 6.91. The van der Waals surface area contributed by atoms with Crippen LogP contribution >= 0.6 is 50.1 Å². The van der Waals surface area contributed by atoms with Gasteiger partial charge in [-0.15, -0.1) is 11.6 Å².